The number of fused-ring (bicyclic) bond motifs is 17. The fraction of sp³-hybridized carbons (Fsp3) is 0.0600. The van der Waals surface area contributed by atoms with Crippen LogP contribution in [0, 0.1) is 0 Å². The summed E-state index contributed by atoms with van der Waals surface area (Å²) in [6.07, 6.45) is 0. The van der Waals surface area contributed by atoms with Crippen LogP contribution in [0.4, 0.5) is 0 Å². The van der Waals surface area contributed by atoms with E-state index in [-0.39, 0.29) is 5.41 Å². The van der Waals surface area contributed by atoms with E-state index in [1.54, 1.807) is 0 Å². The number of nitrogens with zero attached hydrogens (tertiary/aromatic N) is 2. The van der Waals surface area contributed by atoms with E-state index in [1.807, 2.05) is 0 Å². The van der Waals surface area contributed by atoms with Crippen molar-refractivity contribution >= 4 is 76.2 Å². The average molecular weight is 677 g/mol. The topological polar surface area (TPSA) is 31.0 Å². The van der Waals surface area contributed by atoms with E-state index in [4.69, 9.17) is 9.40 Å². The van der Waals surface area contributed by atoms with E-state index < -0.39 is 0 Å². The van der Waals surface area contributed by atoms with Crippen LogP contribution < -0.4 is 0 Å². The molecule has 0 aliphatic heterocycles. The van der Waals surface area contributed by atoms with Gasteiger partial charge < -0.3 is 4.42 Å². The Kier molecular flexibility index (Phi) is 5.57. The number of aromatic nitrogens is 2. The first-order valence-electron chi connectivity index (χ1n) is 18.4. The highest BCUT2D eigenvalue weighted by molar-refractivity contribution is 6.33. The van der Waals surface area contributed by atoms with Gasteiger partial charge in [-0.1, -0.05) is 141 Å². The van der Waals surface area contributed by atoms with Gasteiger partial charge in [0.25, 0.3) is 0 Å². The van der Waals surface area contributed by atoms with Crippen molar-refractivity contribution in [3.05, 3.63) is 169 Å². The lowest BCUT2D eigenvalue weighted by molar-refractivity contribution is 0.645. The van der Waals surface area contributed by atoms with Gasteiger partial charge in [0.1, 0.15) is 5.58 Å². The summed E-state index contributed by atoms with van der Waals surface area (Å²) in [6.45, 7) is 4.73. The Labute approximate surface area is 305 Å². The first-order chi connectivity index (χ1) is 26.1. The number of benzene rings is 8. The molecule has 0 atom stereocenters. The maximum Gasteiger partial charge on any atom is 0.213 e. The van der Waals surface area contributed by atoms with Crippen LogP contribution in [0.5, 0.6) is 0 Å². The van der Waals surface area contributed by atoms with Gasteiger partial charge in [0, 0.05) is 43.6 Å². The maximum atomic E-state index is 6.79. The van der Waals surface area contributed by atoms with Gasteiger partial charge in [-0.3, -0.25) is 4.57 Å². The molecule has 1 aliphatic rings. The quantitative estimate of drug-likeness (QED) is 0.171. The van der Waals surface area contributed by atoms with E-state index in [9.17, 15) is 0 Å². The first kappa shape index (κ1) is 28.9. The second-order valence-electron chi connectivity index (χ2n) is 15.0. The van der Waals surface area contributed by atoms with Crippen molar-refractivity contribution in [3.8, 4) is 28.1 Å². The second-order valence-corrected chi connectivity index (χ2v) is 15.0. The van der Waals surface area contributed by atoms with E-state index in [1.165, 1.54) is 70.7 Å². The predicted octanol–water partition coefficient (Wildman–Crippen LogP) is 13.5. The highest BCUT2D eigenvalue weighted by atomic mass is 16.3. The van der Waals surface area contributed by atoms with Crippen LogP contribution in [0.15, 0.2) is 162 Å². The Hall–Kier alpha value is -6.71. The number of pyridine rings is 1. The lowest BCUT2D eigenvalue weighted by atomic mass is 9.80. The summed E-state index contributed by atoms with van der Waals surface area (Å²) in [5.74, 6) is 0. The molecule has 0 fully saturated rings. The van der Waals surface area contributed by atoms with Crippen molar-refractivity contribution in [2.45, 2.75) is 19.3 Å². The Balaban J connectivity index is 1.14. The maximum absolute atomic E-state index is 6.79. The SMILES string of the molecule is CC1(C)c2ccccc2-c2ccc3c(c21)c1c2ccccc2oc1n3-c1ccc(-c2nc3ccccc3c3c4ccccc4c4ccccc4c23)cc1. The van der Waals surface area contributed by atoms with Crippen molar-refractivity contribution in [2.75, 3.05) is 0 Å². The molecule has 0 saturated carbocycles. The van der Waals surface area contributed by atoms with Gasteiger partial charge in [-0.05, 0) is 74.1 Å². The zero-order chi connectivity index (χ0) is 35.0. The van der Waals surface area contributed by atoms with E-state index >= 15 is 0 Å². The summed E-state index contributed by atoms with van der Waals surface area (Å²) >= 11 is 0. The van der Waals surface area contributed by atoms with Crippen LogP contribution in [0.1, 0.15) is 25.0 Å². The van der Waals surface area contributed by atoms with Crippen LogP contribution in [0.25, 0.3) is 104 Å². The molecule has 12 rings (SSSR count). The third kappa shape index (κ3) is 3.71. The Morgan fingerprint density at radius 3 is 1.89 bits per heavy atom. The van der Waals surface area contributed by atoms with Crippen molar-refractivity contribution in [1.29, 1.82) is 0 Å². The summed E-state index contributed by atoms with van der Waals surface area (Å²) in [6, 6.07) is 57.0. The van der Waals surface area contributed by atoms with Crippen molar-refractivity contribution in [1.82, 2.24) is 9.55 Å². The summed E-state index contributed by atoms with van der Waals surface area (Å²) in [4.78, 5) is 5.40. The molecule has 0 amide bonds. The zero-order valence-electron chi connectivity index (χ0n) is 29.3. The first-order valence-corrected chi connectivity index (χ1v) is 18.4. The Bertz CT molecular complexity index is 3360. The van der Waals surface area contributed by atoms with Gasteiger partial charge in [-0.15, -0.1) is 0 Å². The molecule has 53 heavy (non-hydrogen) atoms. The molecule has 0 radical (unpaired) electrons. The highest BCUT2D eigenvalue weighted by Crippen LogP contribution is 2.54. The minimum atomic E-state index is -0.164. The number of rotatable bonds is 2. The van der Waals surface area contributed by atoms with E-state index in [0.717, 1.165) is 44.7 Å². The van der Waals surface area contributed by atoms with Crippen LogP contribution in [-0.4, -0.2) is 9.55 Å². The lowest BCUT2D eigenvalue weighted by Gasteiger charge is -2.22. The molecule has 11 aromatic rings. The molecule has 248 valence electrons. The molecule has 3 nitrogen and oxygen atoms in total. The third-order valence-electron chi connectivity index (χ3n) is 11.9. The smallest absolute Gasteiger partial charge is 0.213 e. The van der Waals surface area contributed by atoms with E-state index in [0.29, 0.717) is 0 Å². The molecule has 3 heterocycles. The zero-order valence-corrected chi connectivity index (χ0v) is 29.3. The van der Waals surface area contributed by atoms with Crippen LogP contribution in [-0.2, 0) is 5.41 Å². The molecule has 0 N–H and O–H groups in total. The summed E-state index contributed by atoms with van der Waals surface area (Å²) in [5, 5.41) is 12.2. The standard InChI is InChI=1S/C50H32N2O/c1-50(2)39-20-10-7-15-33(39)36-27-28-41-46(47(36)50)45-38-19-9-12-22-42(38)53-49(45)52(41)30-25-23-29(24-26-30)48-44-35-17-6-4-14-32(35)31-13-3-5-16-34(31)43(44)37-18-8-11-21-40(37)51-48/h3-28H,1-2H3. The molecule has 0 unspecified atom stereocenters. The van der Waals surface area contributed by atoms with Crippen LogP contribution in [0.3, 0.4) is 0 Å². The predicted molar refractivity (Wildman–Crippen MR) is 221 cm³/mol. The number of furan rings is 1. The van der Waals surface area contributed by atoms with Crippen molar-refractivity contribution in [2.24, 2.45) is 0 Å². The van der Waals surface area contributed by atoms with Gasteiger partial charge in [0.2, 0.25) is 5.71 Å². The van der Waals surface area contributed by atoms with Crippen LogP contribution in [0.2, 0.25) is 0 Å². The molecule has 8 aromatic carbocycles. The monoisotopic (exact) mass is 676 g/mol. The summed E-state index contributed by atoms with van der Waals surface area (Å²) in [5.41, 5.74) is 12.3. The highest BCUT2D eigenvalue weighted by Gasteiger charge is 2.38. The third-order valence-corrected chi connectivity index (χ3v) is 11.9. The van der Waals surface area contributed by atoms with Crippen molar-refractivity contribution < 1.29 is 4.42 Å². The average Bonchev–Trinajstić information content (AvgIpc) is 3.82. The lowest BCUT2D eigenvalue weighted by Crippen LogP contribution is -2.15. The largest absolute Gasteiger partial charge is 0.439 e. The van der Waals surface area contributed by atoms with Gasteiger partial charge in [0.05, 0.1) is 22.1 Å². The minimum absolute atomic E-state index is 0.164. The number of para-hydroxylation sites is 2. The molecule has 1 aliphatic carbocycles. The molecular weight excluding hydrogens is 645 g/mol. The van der Waals surface area contributed by atoms with Crippen molar-refractivity contribution in [3.63, 3.8) is 0 Å². The molecule has 0 saturated heterocycles. The summed E-state index contributed by atoms with van der Waals surface area (Å²) in [7, 11) is 0. The number of hydrogen-bond acceptors (Lipinski definition) is 2. The van der Waals surface area contributed by atoms with Gasteiger partial charge >= 0.3 is 0 Å². The fourth-order valence-electron chi connectivity index (χ4n) is 9.70. The Morgan fingerprint density at radius 2 is 1.11 bits per heavy atom. The molecule has 0 bridgehead atoms. The number of hydrogen-bond donors (Lipinski definition) is 0. The second kappa shape index (κ2) is 10.2. The normalized spacial score (nSPS) is 13.6. The summed E-state index contributed by atoms with van der Waals surface area (Å²) < 4.78 is 9.11. The molecule has 3 heteroatoms. The minimum Gasteiger partial charge on any atom is -0.439 e. The van der Waals surface area contributed by atoms with Gasteiger partial charge in [0.15, 0.2) is 0 Å². The molecule has 0 spiro atoms. The van der Waals surface area contributed by atoms with E-state index in [2.05, 4.69) is 176 Å². The fourth-order valence-corrected chi connectivity index (χ4v) is 9.70. The Morgan fingerprint density at radius 1 is 0.491 bits per heavy atom. The molecular formula is C50H32N2O. The van der Waals surface area contributed by atoms with Gasteiger partial charge in [-0.25, -0.2) is 4.98 Å². The van der Waals surface area contributed by atoms with Gasteiger partial charge in [-0.2, -0.15) is 0 Å². The van der Waals surface area contributed by atoms with Crippen LogP contribution >= 0.6 is 0 Å². The molecule has 3 aromatic heterocycles.